The molecule has 0 saturated heterocycles. The van der Waals surface area contributed by atoms with Gasteiger partial charge in [-0.2, -0.15) is 5.26 Å². The van der Waals surface area contributed by atoms with E-state index in [0.717, 1.165) is 0 Å². The van der Waals surface area contributed by atoms with Crippen LogP contribution in [-0.2, 0) is 0 Å². The van der Waals surface area contributed by atoms with Crippen molar-refractivity contribution in [3.8, 4) is 6.07 Å². The van der Waals surface area contributed by atoms with Gasteiger partial charge in [-0.25, -0.2) is 0 Å². The van der Waals surface area contributed by atoms with E-state index in [4.69, 9.17) is 5.26 Å². The van der Waals surface area contributed by atoms with E-state index in [1.54, 1.807) is 0 Å². The summed E-state index contributed by atoms with van der Waals surface area (Å²) in [4.78, 5) is 15.3. The van der Waals surface area contributed by atoms with Crippen LogP contribution in [0.5, 0.6) is 0 Å². The Morgan fingerprint density at radius 2 is 2.36 bits per heavy atom. The summed E-state index contributed by atoms with van der Waals surface area (Å²) < 4.78 is 0. The Balaban J connectivity index is 2.96. The highest BCUT2D eigenvalue weighted by molar-refractivity contribution is 5.96. The van der Waals surface area contributed by atoms with Crippen LogP contribution in [0.15, 0.2) is 18.5 Å². The molecule has 0 saturated carbocycles. The van der Waals surface area contributed by atoms with Crippen molar-refractivity contribution in [2.24, 2.45) is 0 Å². The predicted molar refractivity (Wildman–Crippen MR) is 51.6 cm³/mol. The molecule has 1 aromatic rings. The van der Waals surface area contributed by atoms with Crippen LogP contribution in [0.4, 0.5) is 0 Å². The third-order valence-corrected chi connectivity index (χ3v) is 1.61. The molecule has 1 aromatic heterocycles. The molecule has 0 unspecified atom stereocenters. The summed E-state index contributed by atoms with van der Waals surface area (Å²) in [7, 11) is 0. The molecule has 1 N–H and O–H groups in total. The second-order valence-corrected chi connectivity index (χ2v) is 3.16. The number of hydrogen-bond acceptors (Lipinski definition) is 3. The minimum atomic E-state index is -0.260. The second kappa shape index (κ2) is 4.38. The molecule has 1 amide bonds. The number of aromatic nitrogens is 1. The molecule has 0 aliphatic rings. The molecule has 0 aliphatic carbocycles. The monoisotopic (exact) mass is 189 g/mol. The molecule has 4 heteroatoms. The average molecular weight is 189 g/mol. The first-order valence-electron chi connectivity index (χ1n) is 4.30. The fourth-order valence-corrected chi connectivity index (χ4v) is 1.01. The van der Waals surface area contributed by atoms with Crippen molar-refractivity contribution in [1.29, 1.82) is 5.26 Å². The molecular weight excluding hydrogens is 178 g/mol. The summed E-state index contributed by atoms with van der Waals surface area (Å²) in [6.45, 7) is 3.72. The number of nitrogens with one attached hydrogen (secondary N) is 1. The molecule has 0 aromatic carbocycles. The highest BCUT2D eigenvalue weighted by atomic mass is 16.1. The summed E-state index contributed by atoms with van der Waals surface area (Å²) in [5.41, 5.74) is 0.668. The first-order valence-corrected chi connectivity index (χ1v) is 4.30. The first kappa shape index (κ1) is 10.2. The van der Waals surface area contributed by atoms with Gasteiger partial charge in [0.1, 0.15) is 6.07 Å². The van der Waals surface area contributed by atoms with Gasteiger partial charge in [-0.15, -0.1) is 0 Å². The van der Waals surface area contributed by atoms with Gasteiger partial charge in [0.2, 0.25) is 0 Å². The lowest BCUT2D eigenvalue weighted by Crippen LogP contribution is -2.30. The Morgan fingerprint density at radius 3 is 2.93 bits per heavy atom. The van der Waals surface area contributed by atoms with Gasteiger partial charge in [0.15, 0.2) is 0 Å². The fraction of sp³-hybridized carbons (Fsp3) is 0.300. The number of nitriles is 1. The van der Waals surface area contributed by atoms with Crippen LogP contribution in [0.2, 0.25) is 0 Å². The molecule has 1 rings (SSSR count). The van der Waals surface area contributed by atoms with E-state index in [1.165, 1.54) is 18.5 Å². The lowest BCUT2D eigenvalue weighted by atomic mass is 10.1. The summed E-state index contributed by atoms with van der Waals surface area (Å²) >= 11 is 0. The van der Waals surface area contributed by atoms with Crippen molar-refractivity contribution in [2.75, 3.05) is 0 Å². The summed E-state index contributed by atoms with van der Waals surface area (Å²) in [6.07, 6.45) is 2.89. The number of amides is 1. The predicted octanol–water partition coefficient (Wildman–Crippen LogP) is 1.09. The van der Waals surface area contributed by atoms with E-state index in [0.29, 0.717) is 11.1 Å². The molecule has 0 radical (unpaired) electrons. The molecule has 0 fully saturated rings. The summed E-state index contributed by atoms with van der Waals surface area (Å²) in [5, 5.41) is 11.4. The molecule has 0 bridgehead atoms. The molecule has 0 atom stereocenters. The topological polar surface area (TPSA) is 65.8 Å². The maximum absolute atomic E-state index is 11.5. The van der Waals surface area contributed by atoms with E-state index in [1.807, 2.05) is 19.9 Å². The Kier molecular flexibility index (Phi) is 3.19. The van der Waals surface area contributed by atoms with Gasteiger partial charge in [0, 0.05) is 18.4 Å². The summed E-state index contributed by atoms with van der Waals surface area (Å²) in [6, 6.07) is 3.52. The third kappa shape index (κ3) is 2.30. The quantitative estimate of drug-likeness (QED) is 0.757. The van der Waals surface area contributed by atoms with Crippen molar-refractivity contribution in [3.63, 3.8) is 0 Å². The highest BCUT2D eigenvalue weighted by Crippen LogP contribution is 2.04. The van der Waals surface area contributed by atoms with Gasteiger partial charge in [0.05, 0.1) is 11.1 Å². The number of nitrogens with zero attached hydrogens (tertiary/aromatic N) is 2. The van der Waals surface area contributed by atoms with Crippen LogP contribution < -0.4 is 5.32 Å². The Morgan fingerprint density at radius 1 is 1.64 bits per heavy atom. The number of hydrogen-bond donors (Lipinski definition) is 1. The van der Waals surface area contributed by atoms with Crippen molar-refractivity contribution < 1.29 is 4.79 Å². The Labute approximate surface area is 82.6 Å². The van der Waals surface area contributed by atoms with Gasteiger partial charge in [-0.3, -0.25) is 9.78 Å². The van der Waals surface area contributed by atoms with Gasteiger partial charge in [-0.1, -0.05) is 0 Å². The Bertz CT molecular complexity index is 379. The fourth-order valence-electron chi connectivity index (χ4n) is 1.01. The molecular formula is C10H11N3O. The first-order chi connectivity index (χ1) is 6.65. The molecule has 4 nitrogen and oxygen atoms in total. The minimum Gasteiger partial charge on any atom is -0.350 e. The van der Waals surface area contributed by atoms with E-state index >= 15 is 0 Å². The molecule has 0 spiro atoms. The molecule has 14 heavy (non-hydrogen) atoms. The van der Waals surface area contributed by atoms with Crippen LogP contribution in [0, 0.1) is 11.3 Å². The van der Waals surface area contributed by atoms with Crippen molar-refractivity contribution in [1.82, 2.24) is 10.3 Å². The van der Waals surface area contributed by atoms with Crippen LogP contribution in [0.3, 0.4) is 0 Å². The molecule has 1 heterocycles. The largest absolute Gasteiger partial charge is 0.350 e. The van der Waals surface area contributed by atoms with E-state index in [9.17, 15) is 4.79 Å². The summed E-state index contributed by atoms with van der Waals surface area (Å²) in [5.74, 6) is -0.260. The Hall–Kier alpha value is -1.89. The number of pyridine rings is 1. The highest BCUT2D eigenvalue weighted by Gasteiger charge is 2.11. The molecule has 72 valence electrons. The number of carbonyl (C=O) groups is 1. The van der Waals surface area contributed by atoms with Crippen LogP contribution in [0.1, 0.15) is 29.8 Å². The maximum atomic E-state index is 11.5. The number of carbonyl (C=O) groups excluding carboxylic acids is 1. The second-order valence-electron chi connectivity index (χ2n) is 3.16. The van der Waals surface area contributed by atoms with Crippen LogP contribution in [-0.4, -0.2) is 16.9 Å². The zero-order chi connectivity index (χ0) is 10.6. The lowest BCUT2D eigenvalue weighted by molar-refractivity contribution is 0.0942. The number of rotatable bonds is 2. The standard InChI is InChI=1S/C10H11N3O/c1-7(2)13-10(14)9-6-12-4-3-8(9)5-11/h3-4,6-7H,1-2H3,(H,13,14). The van der Waals surface area contributed by atoms with Gasteiger partial charge >= 0.3 is 0 Å². The lowest BCUT2D eigenvalue weighted by Gasteiger charge is -2.08. The zero-order valence-electron chi connectivity index (χ0n) is 8.11. The van der Waals surface area contributed by atoms with Crippen molar-refractivity contribution >= 4 is 5.91 Å². The maximum Gasteiger partial charge on any atom is 0.254 e. The zero-order valence-corrected chi connectivity index (χ0v) is 8.11. The van der Waals surface area contributed by atoms with Crippen molar-refractivity contribution in [3.05, 3.63) is 29.6 Å². The smallest absolute Gasteiger partial charge is 0.254 e. The van der Waals surface area contributed by atoms with Gasteiger partial charge < -0.3 is 5.32 Å². The van der Waals surface area contributed by atoms with Crippen LogP contribution >= 0.6 is 0 Å². The van der Waals surface area contributed by atoms with E-state index in [-0.39, 0.29) is 11.9 Å². The van der Waals surface area contributed by atoms with Gasteiger partial charge in [0.25, 0.3) is 5.91 Å². The normalized spacial score (nSPS) is 9.57. The SMILES string of the molecule is CC(C)NC(=O)c1cnccc1C#N. The van der Waals surface area contributed by atoms with E-state index in [2.05, 4.69) is 10.3 Å². The van der Waals surface area contributed by atoms with Gasteiger partial charge in [-0.05, 0) is 19.9 Å². The minimum absolute atomic E-state index is 0.0502. The van der Waals surface area contributed by atoms with Crippen molar-refractivity contribution in [2.45, 2.75) is 19.9 Å². The van der Waals surface area contributed by atoms with E-state index < -0.39 is 0 Å². The third-order valence-electron chi connectivity index (χ3n) is 1.61. The average Bonchev–Trinajstić information content (AvgIpc) is 2.16. The molecule has 0 aliphatic heterocycles. The van der Waals surface area contributed by atoms with Crippen LogP contribution in [0.25, 0.3) is 0 Å².